The van der Waals surface area contributed by atoms with E-state index in [-0.39, 0.29) is 11.5 Å². The van der Waals surface area contributed by atoms with Gasteiger partial charge in [-0.25, -0.2) is 13.1 Å². The maximum atomic E-state index is 12.2. The highest BCUT2D eigenvalue weighted by Gasteiger charge is 2.26. The average molecular weight is 352 g/mol. The van der Waals surface area contributed by atoms with Crippen LogP contribution in [0.4, 0.5) is 0 Å². The van der Waals surface area contributed by atoms with Crippen LogP contribution in [-0.4, -0.2) is 34.8 Å². The number of hydrogen-bond donors (Lipinski definition) is 1. The summed E-state index contributed by atoms with van der Waals surface area (Å²) in [5, 5.41) is 0. The summed E-state index contributed by atoms with van der Waals surface area (Å²) in [6, 6.07) is 4.60. The summed E-state index contributed by atoms with van der Waals surface area (Å²) in [5.74, 6) is 0.579. The summed E-state index contributed by atoms with van der Waals surface area (Å²) in [5.41, 5.74) is -0.681. The molecule has 0 aliphatic heterocycles. The monoisotopic (exact) mass is 351 g/mol. The van der Waals surface area contributed by atoms with Gasteiger partial charge in [0.2, 0.25) is 10.0 Å². The lowest BCUT2D eigenvalue weighted by Gasteiger charge is -2.25. The molecule has 1 rings (SSSR count). The first-order valence-corrected chi connectivity index (χ1v) is 7.86. The second-order valence-electron chi connectivity index (χ2n) is 4.72. The molecule has 0 fully saturated rings. The van der Waals surface area contributed by atoms with Gasteiger partial charge >= 0.3 is 0 Å². The van der Waals surface area contributed by atoms with Gasteiger partial charge < -0.3 is 9.47 Å². The molecule has 0 atom stereocenters. The van der Waals surface area contributed by atoms with Crippen molar-refractivity contribution in [1.29, 1.82) is 0 Å². The number of benzene rings is 1. The van der Waals surface area contributed by atoms with Crippen LogP contribution in [0.2, 0.25) is 0 Å². The minimum Gasteiger partial charge on any atom is -0.496 e. The third-order valence-corrected chi connectivity index (χ3v) is 4.66. The van der Waals surface area contributed by atoms with Crippen LogP contribution in [0.25, 0.3) is 0 Å². The lowest BCUT2D eigenvalue weighted by Crippen LogP contribution is -2.46. The lowest BCUT2D eigenvalue weighted by atomic mass is 10.1. The first-order valence-electron chi connectivity index (χ1n) is 5.58. The molecule has 0 saturated carbocycles. The van der Waals surface area contributed by atoms with Crippen molar-refractivity contribution in [3.63, 3.8) is 0 Å². The van der Waals surface area contributed by atoms with E-state index in [9.17, 15) is 8.42 Å². The number of hydrogen-bond acceptors (Lipinski definition) is 4. The van der Waals surface area contributed by atoms with Crippen molar-refractivity contribution >= 4 is 26.0 Å². The number of methoxy groups -OCH3 is 2. The largest absolute Gasteiger partial charge is 0.496 e. The number of sulfonamides is 1. The Bertz CT molecular complexity index is 543. The van der Waals surface area contributed by atoms with E-state index in [0.717, 1.165) is 0 Å². The Morgan fingerprint density at radius 2 is 1.95 bits per heavy atom. The summed E-state index contributed by atoms with van der Waals surface area (Å²) in [7, 11) is -0.553. The molecule has 1 N–H and O–H groups in total. The van der Waals surface area contributed by atoms with Crippen molar-refractivity contribution in [1.82, 2.24) is 4.72 Å². The molecule has 0 amide bonds. The molecule has 1 aromatic carbocycles. The number of halogens is 1. The van der Waals surface area contributed by atoms with Crippen LogP contribution < -0.4 is 9.46 Å². The van der Waals surface area contributed by atoms with E-state index >= 15 is 0 Å². The zero-order valence-electron chi connectivity index (χ0n) is 11.4. The summed E-state index contributed by atoms with van der Waals surface area (Å²) in [6.07, 6.45) is 0. The molecule has 0 radical (unpaired) electrons. The van der Waals surface area contributed by atoms with Crippen LogP contribution in [-0.2, 0) is 14.8 Å². The summed E-state index contributed by atoms with van der Waals surface area (Å²) in [6.45, 7) is 3.79. The van der Waals surface area contributed by atoms with Crippen LogP contribution in [0.1, 0.15) is 13.8 Å². The highest BCUT2D eigenvalue weighted by Crippen LogP contribution is 2.27. The first kappa shape index (κ1) is 16.4. The van der Waals surface area contributed by atoms with E-state index in [1.165, 1.54) is 26.4 Å². The van der Waals surface area contributed by atoms with Gasteiger partial charge in [0.15, 0.2) is 0 Å². The van der Waals surface area contributed by atoms with Crippen molar-refractivity contribution in [3.05, 3.63) is 22.7 Å². The molecule has 7 heteroatoms. The van der Waals surface area contributed by atoms with E-state index < -0.39 is 15.6 Å². The molecule has 19 heavy (non-hydrogen) atoms. The first-order chi connectivity index (χ1) is 8.72. The van der Waals surface area contributed by atoms with Gasteiger partial charge in [-0.05, 0) is 48.0 Å². The Morgan fingerprint density at radius 3 is 2.42 bits per heavy atom. The standard InChI is InChI=1S/C12H18BrNO4S/c1-12(2,8-17-3)14-19(15,16)9-5-6-11(18-4)10(13)7-9/h5-7,14H,8H2,1-4H3. The van der Waals surface area contributed by atoms with E-state index in [1.54, 1.807) is 19.9 Å². The molecule has 0 bridgehead atoms. The maximum Gasteiger partial charge on any atom is 0.241 e. The zero-order chi connectivity index (χ0) is 14.7. The van der Waals surface area contributed by atoms with Crippen LogP contribution in [0.5, 0.6) is 5.75 Å². The maximum absolute atomic E-state index is 12.2. The topological polar surface area (TPSA) is 64.6 Å². The minimum atomic E-state index is -3.60. The van der Waals surface area contributed by atoms with Crippen LogP contribution in [0.3, 0.4) is 0 Å². The fourth-order valence-corrected chi connectivity index (χ4v) is 3.74. The molecule has 108 valence electrons. The molecule has 0 heterocycles. The van der Waals surface area contributed by atoms with E-state index in [2.05, 4.69) is 20.7 Å². The Morgan fingerprint density at radius 1 is 1.32 bits per heavy atom. The third kappa shape index (κ3) is 4.45. The van der Waals surface area contributed by atoms with Crippen molar-refractivity contribution in [2.75, 3.05) is 20.8 Å². The number of rotatable bonds is 6. The van der Waals surface area contributed by atoms with Crippen molar-refractivity contribution in [2.45, 2.75) is 24.3 Å². The Balaban J connectivity index is 3.04. The van der Waals surface area contributed by atoms with E-state index in [4.69, 9.17) is 9.47 Å². The van der Waals surface area contributed by atoms with Gasteiger partial charge in [-0.2, -0.15) is 0 Å². The predicted molar refractivity (Wildman–Crippen MR) is 77.0 cm³/mol. The van der Waals surface area contributed by atoms with E-state index in [1.807, 2.05) is 0 Å². The fraction of sp³-hybridized carbons (Fsp3) is 0.500. The van der Waals surface area contributed by atoms with Crippen LogP contribution in [0, 0.1) is 0 Å². The predicted octanol–water partition coefficient (Wildman–Crippen LogP) is 2.16. The van der Waals surface area contributed by atoms with Crippen molar-refractivity contribution in [2.24, 2.45) is 0 Å². The minimum absolute atomic E-state index is 0.171. The molecule has 0 spiro atoms. The Hall–Kier alpha value is -0.630. The molecule has 0 aliphatic carbocycles. The highest BCUT2D eigenvalue weighted by molar-refractivity contribution is 9.10. The van der Waals surface area contributed by atoms with Gasteiger partial charge in [0.1, 0.15) is 5.75 Å². The van der Waals surface area contributed by atoms with E-state index in [0.29, 0.717) is 10.2 Å². The van der Waals surface area contributed by atoms with Crippen molar-refractivity contribution < 1.29 is 17.9 Å². The molecule has 0 aliphatic rings. The normalized spacial score (nSPS) is 12.5. The summed E-state index contributed by atoms with van der Waals surface area (Å²) >= 11 is 3.27. The van der Waals surface area contributed by atoms with Crippen LogP contribution >= 0.6 is 15.9 Å². The van der Waals surface area contributed by atoms with Crippen molar-refractivity contribution in [3.8, 4) is 5.75 Å². The Labute approximate surface area is 122 Å². The lowest BCUT2D eigenvalue weighted by molar-refractivity contribution is 0.141. The average Bonchev–Trinajstić information content (AvgIpc) is 2.27. The second kappa shape index (κ2) is 6.21. The summed E-state index contributed by atoms with van der Waals surface area (Å²) in [4.78, 5) is 0.171. The molecule has 0 aromatic heterocycles. The highest BCUT2D eigenvalue weighted by atomic mass is 79.9. The van der Waals surface area contributed by atoms with Gasteiger partial charge in [-0.15, -0.1) is 0 Å². The summed E-state index contributed by atoms with van der Waals surface area (Å²) < 4.78 is 37.7. The molecule has 5 nitrogen and oxygen atoms in total. The van der Waals surface area contributed by atoms with Gasteiger partial charge in [-0.1, -0.05) is 0 Å². The van der Waals surface area contributed by atoms with Gasteiger partial charge in [0, 0.05) is 7.11 Å². The Kier molecular flexibility index (Phi) is 5.37. The quantitative estimate of drug-likeness (QED) is 0.852. The number of nitrogens with one attached hydrogen (secondary N) is 1. The van der Waals surface area contributed by atoms with Gasteiger partial charge in [0.25, 0.3) is 0 Å². The molecular formula is C12H18BrNO4S. The number of ether oxygens (including phenoxy) is 2. The fourth-order valence-electron chi connectivity index (χ4n) is 1.63. The third-order valence-electron chi connectivity index (χ3n) is 2.35. The van der Waals surface area contributed by atoms with Gasteiger partial charge in [0.05, 0.1) is 28.6 Å². The van der Waals surface area contributed by atoms with Crippen LogP contribution in [0.15, 0.2) is 27.6 Å². The zero-order valence-corrected chi connectivity index (χ0v) is 13.8. The SMILES string of the molecule is COCC(C)(C)NS(=O)(=O)c1ccc(OC)c(Br)c1. The molecule has 0 unspecified atom stereocenters. The molecular weight excluding hydrogens is 334 g/mol. The molecule has 1 aromatic rings. The van der Waals surface area contributed by atoms with Gasteiger partial charge in [-0.3, -0.25) is 0 Å². The smallest absolute Gasteiger partial charge is 0.241 e. The molecule has 0 saturated heterocycles. The second-order valence-corrected chi connectivity index (χ2v) is 7.26.